The number of nitrogens with one attached hydrogen (secondary N) is 1. The molecule has 8 nitrogen and oxygen atoms in total. The molecule has 0 radical (unpaired) electrons. The molecular formula is C17H14N6O2S2. The van der Waals surface area contributed by atoms with E-state index in [4.69, 9.17) is 4.42 Å². The molecule has 4 rings (SSSR count). The Bertz CT molecular complexity index is 1090. The first-order valence-corrected chi connectivity index (χ1v) is 9.70. The first-order valence-electron chi connectivity index (χ1n) is 7.98. The molecule has 3 aromatic heterocycles. The third kappa shape index (κ3) is 3.62. The zero-order valence-corrected chi connectivity index (χ0v) is 15.7. The molecule has 27 heavy (non-hydrogen) atoms. The maximum absolute atomic E-state index is 12.4. The lowest BCUT2D eigenvalue weighted by atomic mass is 10.2. The van der Waals surface area contributed by atoms with Gasteiger partial charge in [0.25, 0.3) is 0 Å². The fraction of sp³-hybridized carbons (Fsp3) is 0.118. The van der Waals surface area contributed by atoms with E-state index in [0.717, 1.165) is 17.2 Å². The Labute approximate surface area is 162 Å². The molecule has 0 atom stereocenters. The number of hydrogen-bond acceptors (Lipinski definition) is 8. The normalized spacial score (nSPS) is 11.0. The van der Waals surface area contributed by atoms with Crippen LogP contribution in [0.5, 0.6) is 0 Å². The smallest absolute Gasteiger partial charge is 0.234 e. The van der Waals surface area contributed by atoms with Crippen LogP contribution in [0.3, 0.4) is 0 Å². The van der Waals surface area contributed by atoms with Crippen LogP contribution >= 0.6 is 23.5 Å². The van der Waals surface area contributed by atoms with Crippen molar-refractivity contribution in [3.63, 3.8) is 0 Å². The van der Waals surface area contributed by atoms with Gasteiger partial charge in [0.05, 0.1) is 29.4 Å². The van der Waals surface area contributed by atoms with Gasteiger partial charge in [-0.1, -0.05) is 23.9 Å². The van der Waals surface area contributed by atoms with E-state index in [1.165, 1.54) is 11.8 Å². The van der Waals surface area contributed by atoms with Crippen LogP contribution in [0.25, 0.3) is 22.6 Å². The van der Waals surface area contributed by atoms with Crippen molar-refractivity contribution < 1.29 is 9.21 Å². The fourth-order valence-corrected chi connectivity index (χ4v) is 3.80. The minimum atomic E-state index is -0.159. The Morgan fingerprint density at radius 2 is 2.22 bits per heavy atom. The molecule has 1 aromatic carbocycles. The second-order valence-corrected chi connectivity index (χ2v) is 6.93. The van der Waals surface area contributed by atoms with Crippen LogP contribution in [0.2, 0.25) is 0 Å². The predicted octanol–water partition coefficient (Wildman–Crippen LogP) is 3.46. The Morgan fingerprint density at radius 1 is 1.30 bits per heavy atom. The zero-order chi connectivity index (χ0) is 18.6. The van der Waals surface area contributed by atoms with Gasteiger partial charge in [0.15, 0.2) is 10.9 Å². The van der Waals surface area contributed by atoms with E-state index in [-0.39, 0.29) is 11.7 Å². The van der Waals surface area contributed by atoms with Crippen molar-refractivity contribution in [1.82, 2.24) is 23.5 Å². The monoisotopic (exact) mass is 398 g/mol. The van der Waals surface area contributed by atoms with E-state index in [1.54, 1.807) is 18.4 Å². The first-order chi connectivity index (χ1) is 13.3. The molecule has 0 aliphatic rings. The molecule has 0 saturated heterocycles. The molecule has 0 spiro atoms. The van der Waals surface area contributed by atoms with Crippen LogP contribution < -0.4 is 5.32 Å². The molecule has 136 valence electrons. The molecular weight excluding hydrogens is 384 g/mol. The Morgan fingerprint density at radius 3 is 3.04 bits per heavy atom. The van der Waals surface area contributed by atoms with Crippen molar-refractivity contribution >= 4 is 46.1 Å². The van der Waals surface area contributed by atoms with Crippen molar-refractivity contribution in [3.8, 4) is 11.6 Å². The molecule has 0 bridgehead atoms. The molecule has 0 fully saturated rings. The quantitative estimate of drug-likeness (QED) is 0.376. The standard InChI is InChI=1S/C17H14N6O2S2/c1-2-8-23-16(13-7-4-9-25-13)19-20-17(23)26-10-14(24)18-11-5-3-6-12-15(11)22-27-21-12/h2-7,9H,1,8,10H2,(H,18,24). The average molecular weight is 398 g/mol. The number of hydrogen-bond donors (Lipinski definition) is 1. The van der Waals surface area contributed by atoms with Gasteiger partial charge in [0.1, 0.15) is 11.0 Å². The van der Waals surface area contributed by atoms with Crippen LogP contribution in [0.4, 0.5) is 5.69 Å². The lowest BCUT2D eigenvalue weighted by Crippen LogP contribution is -2.15. The van der Waals surface area contributed by atoms with Crippen LogP contribution in [0.1, 0.15) is 0 Å². The number of carbonyl (C=O) groups is 1. The van der Waals surface area contributed by atoms with Crippen LogP contribution in [-0.2, 0) is 11.3 Å². The average Bonchev–Trinajstić information content (AvgIpc) is 3.41. The van der Waals surface area contributed by atoms with Gasteiger partial charge >= 0.3 is 0 Å². The maximum Gasteiger partial charge on any atom is 0.234 e. The third-order valence-electron chi connectivity index (χ3n) is 3.66. The summed E-state index contributed by atoms with van der Waals surface area (Å²) in [5, 5.41) is 11.8. The number of aromatic nitrogens is 5. The molecule has 0 aliphatic carbocycles. The number of fused-ring (bicyclic) bond motifs is 1. The Balaban J connectivity index is 1.47. The fourth-order valence-electron chi connectivity index (χ4n) is 2.50. The van der Waals surface area contributed by atoms with Crippen molar-refractivity contribution in [3.05, 3.63) is 49.2 Å². The highest BCUT2D eigenvalue weighted by atomic mass is 32.2. The summed E-state index contributed by atoms with van der Waals surface area (Å²) < 4.78 is 15.7. The number of furan rings is 1. The van der Waals surface area contributed by atoms with Gasteiger partial charge in [0, 0.05) is 6.54 Å². The lowest BCUT2D eigenvalue weighted by Gasteiger charge is -2.07. The summed E-state index contributed by atoms with van der Waals surface area (Å²) in [5.41, 5.74) is 2.10. The van der Waals surface area contributed by atoms with E-state index in [2.05, 4.69) is 30.8 Å². The molecule has 4 aromatic rings. The van der Waals surface area contributed by atoms with E-state index >= 15 is 0 Å². The number of benzene rings is 1. The highest BCUT2D eigenvalue weighted by Gasteiger charge is 2.17. The largest absolute Gasteiger partial charge is 0.461 e. The highest BCUT2D eigenvalue weighted by molar-refractivity contribution is 7.99. The van der Waals surface area contributed by atoms with Crippen molar-refractivity contribution in [2.24, 2.45) is 0 Å². The number of thioether (sulfide) groups is 1. The van der Waals surface area contributed by atoms with Gasteiger partial charge in [-0.3, -0.25) is 9.36 Å². The third-order valence-corrected chi connectivity index (χ3v) is 5.17. The van der Waals surface area contributed by atoms with Crippen LogP contribution in [0, 0.1) is 0 Å². The predicted molar refractivity (Wildman–Crippen MR) is 105 cm³/mol. The van der Waals surface area contributed by atoms with E-state index < -0.39 is 0 Å². The van der Waals surface area contributed by atoms with Crippen LogP contribution in [0.15, 0.2) is 58.8 Å². The molecule has 0 aliphatic heterocycles. The van der Waals surface area contributed by atoms with Crippen molar-refractivity contribution in [1.29, 1.82) is 0 Å². The number of carbonyl (C=O) groups excluding carboxylic acids is 1. The number of rotatable bonds is 7. The van der Waals surface area contributed by atoms with Crippen molar-refractivity contribution in [2.75, 3.05) is 11.1 Å². The van der Waals surface area contributed by atoms with E-state index in [9.17, 15) is 4.79 Å². The van der Waals surface area contributed by atoms with Gasteiger partial charge in [0.2, 0.25) is 11.7 Å². The molecule has 1 amide bonds. The second kappa shape index (κ2) is 7.72. The minimum Gasteiger partial charge on any atom is -0.461 e. The topological polar surface area (TPSA) is 98.7 Å². The summed E-state index contributed by atoms with van der Waals surface area (Å²) in [6.45, 7) is 4.28. The SMILES string of the molecule is C=CCn1c(SCC(=O)Nc2cccc3nsnc23)nnc1-c1ccco1. The summed E-state index contributed by atoms with van der Waals surface area (Å²) in [7, 11) is 0. The second-order valence-electron chi connectivity index (χ2n) is 5.46. The number of nitrogens with zero attached hydrogens (tertiary/aromatic N) is 5. The van der Waals surface area contributed by atoms with E-state index in [1.807, 2.05) is 28.8 Å². The van der Waals surface area contributed by atoms with Crippen LogP contribution in [-0.4, -0.2) is 35.2 Å². The lowest BCUT2D eigenvalue weighted by molar-refractivity contribution is -0.113. The molecule has 3 heterocycles. The number of anilines is 1. The summed E-state index contributed by atoms with van der Waals surface area (Å²) in [5.74, 6) is 1.24. The molecule has 1 N–H and O–H groups in total. The number of amides is 1. The minimum absolute atomic E-state index is 0.159. The Kier molecular flexibility index (Phi) is 4.99. The summed E-state index contributed by atoms with van der Waals surface area (Å²) in [6, 6.07) is 9.10. The molecule has 0 unspecified atom stereocenters. The Hall–Kier alpha value is -2.98. The summed E-state index contributed by atoms with van der Waals surface area (Å²) in [6.07, 6.45) is 3.33. The zero-order valence-electron chi connectivity index (χ0n) is 14.0. The van der Waals surface area contributed by atoms with E-state index in [0.29, 0.717) is 34.5 Å². The first kappa shape index (κ1) is 17.4. The van der Waals surface area contributed by atoms with Crippen molar-refractivity contribution in [2.45, 2.75) is 11.7 Å². The van der Waals surface area contributed by atoms with Gasteiger partial charge < -0.3 is 9.73 Å². The number of allylic oxidation sites excluding steroid dienone is 1. The van der Waals surface area contributed by atoms with Gasteiger partial charge in [-0.2, -0.15) is 8.75 Å². The highest BCUT2D eigenvalue weighted by Crippen LogP contribution is 2.25. The van der Waals surface area contributed by atoms with Gasteiger partial charge in [-0.05, 0) is 24.3 Å². The molecule has 0 saturated carbocycles. The maximum atomic E-state index is 12.4. The van der Waals surface area contributed by atoms with Gasteiger partial charge in [-0.25, -0.2) is 0 Å². The summed E-state index contributed by atoms with van der Waals surface area (Å²) >= 11 is 2.41. The van der Waals surface area contributed by atoms with Gasteiger partial charge in [-0.15, -0.1) is 16.8 Å². The molecule has 10 heteroatoms. The summed E-state index contributed by atoms with van der Waals surface area (Å²) in [4.78, 5) is 12.4.